The number of anilines is 1. The van der Waals surface area contributed by atoms with Crippen molar-refractivity contribution in [1.82, 2.24) is 10.9 Å². The molecule has 0 heterocycles. The summed E-state index contributed by atoms with van der Waals surface area (Å²) < 4.78 is 20.1. The number of benzene rings is 1. The van der Waals surface area contributed by atoms with Crippen LogP contribution >= 0.6 is 0 Å². The fourth-order valence-electron chi connectivity index (χ4n) is 2.88. The Morgan fingerprint density at radius 2 is 1.97 bits per heavy atom. The molecule has 0 aliphatic heterocycles. The van der Waals surface area contributed by atoms with Crippen molar-refractivity contribution < 1.29 is 23.5 Å². The number of esters is 1. The molecule has 0 radical (unpaired) electrons. The van der Waals surface area contributed by atoms with Crippen molar-refractivity contribution in [3.63, 3.8) is 0 Å². The molecule has 2 atom stereocenters. The first-order chi connectivity index (χ1) is 14.4. The monoisotopic (exact) mass is 435 g/mol. The Hall–Kier alpha value is -3.01. The predicted octanol–water partition coefficient (Wildman–Crippen LogP) is 1.85. The van der Waals surface area contributed by atoms with Gasteiger partial charge < -0.3 is 21.2 Å². The third-order valence-electron chi connectivity index (χ3n) is 4.68. The molecule has 0 aromatic heterocycles. The van der Waals surface area contributed by atoms with E-state index in [-0.39, 0.29) is 29.3 Å². The summed E-state index contributed by atoms with van der Waals surface area (Å²) in [6, 6.07) is 1.62. The minimum absolute atomic E-state index is 0.00582. The van der Waals surface area contributed by atoms with E-state index in [2.05, 4.69) is 10.7 Å². The Kier molecular flexibility index (Phi) is 7.72. The molecule has 0 bridgehead atoms. The number of carbonyl (C=O) groups excluding carboxylic acids is 3. The lowest BCUT2D eigenvalue weighted by Crippen LogP contribution is -2.42. The molecule has 1 aromatic rings. The van der Waals surface area contributed by atoms with E-state index in [0.29, 0.717) is 12.1 Å². The number of rotatable bonds is 10. The van der Waals surface area contributed by atoms with Gasteiger partial charge in [0.2, 0.25) is 6.41 Å². The van der Waals surface area contributed by atoms with E-state index in [9.17, 15) is 18.8 Å². The largest absolute Gasteiger partial charge is 0.459 e. The lowest BCUT2D eigenvalue weighted by molar-refractivity contribution is -0.157. The zero-order chi connectivity index (χ0) is 23.3. The second kappa shape index (κ2) is 9.86. The first-order valence-electron chi connectivity index (χ1n) is 10.1. The molecule has 1 aliphatic rings. The number of amides is 2. The second-order valence-electron chi connectivity index (χ2n) is 8.73. The zero-order valence-corrected chi connectivity index (χ0v) is 18.2. The van der Waals surface area contributed by atoms with E-state index in [1.54, 1.807) is 27.7 Å². The van der Waals surface area contributed by atoms with E-state index in [0.717, 1.165) is 18.9 Å². The molecule has 1 aromatic carbocycles. The van der Waals surface area contributed by atoms with Gasteiger partial charge in [-0.1, -0.05) is 6.92 Å². The molecule has 170 valence electrons. The Morgan fingerprint density at radius 1 is 1.32 bits per heavy atom. The molecule has 2 rings (SSSR count). The normalized spacial score (nSPS) is 15.4. The van der Waals surface area contributed by atoms with Gasteiger partial charge in [0.05, 0.1) is 5.56 Å². The van der Waals surface area contributed by atoms with Crippen molar-refractivity contribution in [1.29, 1.82) is 5.41 Å². The van der Waals surface area contributed by atoms with Crippen molar-refractivity contribution in [2.75, 3.05) is 5.32 Å². The van der Waals surface area contributed by atoms with Gasteiger partial charge in [-0.2, -0.15) is 0 Å². The van der Waals surface area contributed by atoms with E-state index < -0.39 is 35.3 Å². The number of nitrogens with one attached hydrogen (secondary N) is 4. The topological polar surface area (TPSA) is 146 Å². The fraction of sp³-hybridized carbons (Fsp3) is 0.524. The van der Waals surface area contributed by atoms with Crippen LogP contribution in [-0.4, -0.2) is 41.7 Å². The quantitative estimate of drug-likeness (QED) is 0.164. The van der Waals surface area contributed by atoms with E-state index in [1.807, 2.05) is 5.43 Å². The SMILES string of the molecule is CC(CC(=N)c1cc(NC2CC2)c(C(=O)NNC=O)cc1F)C(N)C(=O)OC(C)(C)C. The number of hydrazine groups is 1. The van der Waals surface area contributed by atoms with Crippen molar-refractivity contribution in [3.8, 4) is 0 Å². The number of carbonyl (C=O) groups is 3. The maximum absolute atomic E-state index is 14.8. The summed E-state index contributed by atoms with van der Waals surface area (Å²) in [6.45, 7) is 6.89. The number of halogens is 1. The first-order valence-corrected chi connectivity index (χ1v) is 10.1. The summed E-state index contributed by atoms with van der Waals surface area (Å²) in [5.41, 5.74) is 9.80. The second-order valence-corrected chi connectivity index (χ2v) is 8.73. The Balaban J connectivity index is 2.20. The van der Waals surface area contributed by atoms with Crippen LogP contribution in [0, 0.1) is 17.1 Å². The number of nitrogens with two attached hydrogens (primary N) is 1. The summed E-state index contributed by atoms with van der Waals surface area (Å²) in [5, 5.41) is 11.5. The third-order valence-corrected chi connectivity index (χ3v) is 4.68. The zero-order valence-electron chi connectivity index (χ0n) is 18.2. The standard InChI is InChI=1S/C21H30FN5O4/c1-11(18(24)20(30)31-21(2,3)4)7-16(23)13-9-17(26-12-5-6-12)14(8-15(13)22)19(29)27-25-10-28/h8-12,18,23,26H,5-7,24H2,1-4H3,(H,25,28)(H,27,29). The summed E-state index contributed by atoms with van der Waals surface area (Å²) >= 11 is 0. The van der Waals surface area contributed by atoms with Crippen LogP contribution < -0.4 is 21.9 Å². The van der Waals surface area contributed by atoms with Crippen LogP contribution in [0.5, 0.6) is 0 Å². The van der Waals surface area contributed by atoms with Crippen molar-refractivity contribution in [3.05, 3.63) is 29.1 Å². The molecule has 31 heavy (non-hydrogen) atoms. The number of hydrogen-bond donors (Lipinski definition) is 5. The highest BCUT2D eigenvalue weighted by Gasteiger charge is 2.29. The molecule has 0 saturated heterocycles. The molecule has 0 spiro atoms. The average molecular weight is 436 g/mol. The van der Waals surface area contributed by atoms with Gasteiger partial charge >= 0.3 is 5.97 Å². The maximum Gasteiger partial charge on any atom is 0.323 e. The van der Waals surface area contributed by atoms with E-state index in [1.165, 1.54) is 6.07 Å². The van der Waals surface area contributed by atoms with Crippen LogP contribution in [0.2, 0.25) is 0 Å². The number of ether oxygens (including phenoxy) is 1. The summed E-state index contributed by atoms with van der Waals surface area (Å²) in [7, 11) is 0. The Bertz CT molecular complexity index is 864. The van der Waals surface area contributed by atoms with E-state index in [4.69, 9.17) is 15.9 Å². The van der Waals surface area contributed by atoms with E-state index >= 15 is 0 Å². The summed E-state index contributed by atoms with van der Waals surface area (Å²) in [4.78, 5) is 34.9. The predicted molar refractivity (Wildman–Crippen MR) is 114 cm³/mol. The Morgan fingerprint density at radius 3 is 2.52 bits per heavy atom. The average Bonchev–Trinajstić information content (AvgIpc) is 3.48. The molecule has 10 heteroatoms. The highest BCUT2D eigenvalue weighted by atomic mass is 19.1. The minimum Gasteiger partial charge on any atom is -0.459 e. The first kappa shape index (κ1) is 24.3. The molecule has 1 fully saturated rings. The Labute approximate surface area is 180 Å². The van der Waals surface area contributed by atoms with Gasteiger partial charge in [0, 0.05) is 23.0 Å². The molecule has 1 saturated carbocycles. The summed E-state index contributed by atoms with van der Waals surface area (Å²) in [6.07, 6.45) is 2.17. The third kappa shape index (κ3) is 7.02. The smallest absolute Gasteiger partial charge is 0.323 e. The van der Waals surface area contributed by atoms with Gasteiger partial charge in [-0.15, -0.1) is 0 Å². The molecule has 2 unspecified atom stereocenters. The van der Waals surface area contributed by atoms with Crippen LogP contribution in [0.25, 0.3) is 0 Å². The van der Waals surface area contributed by atoms with Gasteiger partial charge in [0.1, 0.15) is 17.5 Å². The molecule has 2 amide bonds. The fourth-order valence-corrected chi connectivity index (χ4v) is 2.88. The van der Waals surface area contributed by atoms with Crippen LogP contribution in [-0.2, 0) is 14.3 Å². The highest BCUT2D eigenvalue weighted by molar-refractivity contribution is 6.04. The summed E-state index contributed by atoms with van der Waals surface area (Å²) in [5.74, 6) is -2.51. The van der Waals surface area contributed by atoms with Crippen molar-refractivity contribution in [2.24, 2.45) is 11.7 Å². The number of hydrogen-bond acceptors (Lipinski definition) is 7. The molecular formula is C21H30FN5O4. The van der Waals surface area contributed by atoms with Crippen LogP contribution in [0.15, 0.2) is 12.1 Å². The van der Waals surface area contributed by atoms with Crippen molar-refractivity contribution >= 4 is 29.7 Å². The molecular weight excluding hydrogens is 405 g/mol. The van der Waals surface area contributed by atoms with Gasteiger partial charge in [0.15, 0.2) is 0 Å². The van der Waals surface area contributed by atoms with Gasteiger partial charge in [-0.25, -0.2) is 4.39 Å². The lowest BCUT2D eigenvalue weighted by atomic mass is 9.92. The van der Waals surface area contributed by atoms with Gasteiger partial charge in [0.25, 0.3) is 5.91 Å². The highest BCUT2D eigenvalue weighted by Crippen LogP contribution is 2.29. The maximum atomic E-state index is 14.8. The van der Waals surface area contributed by atoms with Gasteiger partial charge in [-0.3, -0.25) is 25.2 Å². The van der Waals surface area contributed by atoms with Crippen LogP contribution in [0.4, 0.5) is 10.1 Å². The molecule has 9 nitrogen and oxygen atoms in total. The van der Waals surface area contributed by atoms with Gasteiger partial charge in [-0.05, 0) is 58.1 Å². The lowest BCUT2D eigenvalue weighted by Gasteiger charge is -2.25. The van der Waals surface area contributed by atoms with Crippen LogP contribution in [0.3, 0.4) is 0 Å². The minimum atomic E-state index is -0.967. The molecule has 1 aliphatic carbocycles. The molecule has 6 N–H and O–H groups in total. The van der Waals surface area contributed by atoms with Crippen LogP contribution in [0.1, 0.15) is 62.9 Å². The van der Waals surface area contributed by atoms with Crippen molar-refractivity contribution in [2.45, 2.75) is 64.6 Å².